The van der Waals surface area contributed by atoms with Crippen LogP contribution in [-0.2, 0) is 11.3 Å². The topological polar surface area (TPSA) is 81.7 Å². The van der Waals surface area contributed by atoms with Crippen LogP contribution >= 0.6 is 0 Å². The molecule has 3 amide bonds. The largest absolute Gasteiger partial charge is 0.395 e. The normalized spacial score (nSPS) is 13.8. The summed E-state index contributed by atoms with van der Waals surface area (Å²) in [4.78, 5) is 24.3. The molecular weight excluding hydrogens is 272 g/mol. The van der Waals surface area contributed by atoms with Crippen LogP contribution in [0.25, 0.3) is 0 Å². The summed E-state index contributed by atoms with van der Waals surface area (Å²) in [6.07, 6.45) is 0. The van der Waals surface area contributed by atoms with Gasteiger partial charge in [0.2, 0.25) is 5.91 Å². The van der Waals surface area contributed by atoms with Gasteiger partial charge in [-0.3, -0.25) is 4.79 Å². The third kappa shape index (κ3) is 2.85. The van der Waals surface area contributed by atoms with Gasteiger partial charge in [-0.25, -0.2) is 13.6 Å². The number of rotatable bonds is 4. The van der Waals surface area contributed by atoms with Gasteiger partial charge >= 0.3 is 6.03 Å². The number of fused-ring (bicyclic) bond motifs is 1. The van der Waals surface area contributed by atoms with Gasteiger partial charge in [0.1, 0.15) is 6.54 Å². The maximum absolute atomic E-state index is 13.6. The van der Waals surface area contributed by atoms with E-state index in [9.17, 15) is 18.4 Å². The number of aliphatic hydroxyl groups is 1. The molecule has 1 aliphatic heterocycles. The van der Waals surface area contributed by atoms with Crippen LogP contribution in [0, 0.1) is 11.6 Å². The third-order valence-corrected chi connectivity index (χ3v) is 2.84. The van der Waals surface area contributed by atoms with Crippen LogP contribution in [0.2, 0.25) is 0 Å². The van der Waals surface area contributed by atoms with Gasteiger partial charge in [0.15, 0.2) is 11.6 Å². The van der Waals surface area contributed by atoms with Crippen LogP contribution in [0.15, 0.2) is 12.1 Å². The van der Waals surface area contributed by atoms with Gasteiger partial charge in [-0.1, -0.05) is 0 Å². The number of carbonyl (C=O) groups excluding carboxylic acids is 2. The highest BCUT2D eigenvalue weighted by atomic mass is 19.2. The Morgan fingerprint density at radius 2 is 2.20 bits per heavy atom. The second-order valence-corrected chi connectivity index (χ2v) is 4.25. The second-order valence-electron chi connectivity index (χ2n) is 4.25. The first-order valence-electron chi connectivity index (χ1n) is 5.93. The van der Waals surface area contributed by atoms with E-state index in [0.29, 0.717) is 0 Å². The molecule has 0 bridgehead atoms. The fourth-order valence-electron chi connectivity index (χ4n) is 1.87. The van der Waals surface area contributed by atoms with Crippen molar-refractivity contribution in [1.29, 1.82) is 0 Å². The van der Waals surface area contributed by atoms with Gasteiger partial charge in [0.25, 0.3) is 0 Å². The summed E-state index contributed by atoms with van der Waals surface area (Å²) in [7, 11) is 0. The fourth-order valence-corrected chi connectivity index (χ4v) is 1.87. The number of amides is 3. The molecule has 0 unspecified atom stereocenters. The zero-order valence-electron chi connectivity index (χ0n) is 10.4. The lowest BCUT2D eigenvalue weighted by atomic mass is 10.1. The van der Waals surface area contributed by atoms with Crippen molar-refractivity contribution in [3.63, 3.8) is 0 Å². The van der Waals surface area contributed by atoms with E-state index in [-0.39, 0.29) is 37.5 Å². The van der Waals surface area contributed by atoms with Crippen molar-refractivity contribution in [2.45, 2.75) is 6.54 Å². The predicted octanol–water partition coefficient (Wildman–Crippen LogP) is 0.421. The monoisotopic (exact) mass is 285 g/mol. The van der Waals surface area contributed by atoms with Gasteiger partial charge < -0.3 is 20.6 Å². The molecule has 1 aliphatic rings. The van der Waals surface area contributed by atoms with Crippen molar-refractivity contribution in [3.05, 3.63) is 29.3 Å². The number of aliphatic hydroxyl groups excluding tert-OH is 1. The Hall–Kier alpha value is -2.22. The minimum atomic E-state index is -1.04. The molecule has 1 heterocycles. The Balaban J connectivity index is 2.12. The molecule has 0 aromatic heterocycles. The van der Waals surface area contributed by atoms with Gasteiger partial charge in [-0.05, 0) is 12.1 Å². The minimum Gasteiger partial charge on any atom is -0.395 e. The number of carbonyl (C=O) groups is 2. The number of anilines is 1. The highest BCUT2D eigenvalue weighted by Gasteiger charge is 2.27. The van der Waals surface area contributed by atoms with Gasteiger partial charge in [-0.2, -0.15) is 0 Å². The first kappa shape index (κ1) is 14.2. The molecule has 0 saturated heterocycles. The molecule has 0 fully saturated rings. The molecule has 3 N–H and O–H groups in total. The van der Waals surface area contributed by atoms with E-state index in [1.165, 1.54) is 6.07 Å². The SMILES string of the molecule is O=C(CN1Cc2c(ccc(F)c2F)NC1=O)NCCO. The van der Waals surface area contributed by atoms with Crippen molar-refractivity contribution in [2.24, 2.45) is 0 Å². The Morgan fingerprint density at radius 1 is 1.45 bits per heavy atom. The first-order chi connectivity index (χ1) is 9.52. The van der Waals surface area contributed by atoms with Crippen molar-refractivity contribution >= 4 is 17.6 Å². The molecule has 1 aromatic rings. The smallest absolute Gasteiger partial charge is 0.322 e. The molecule has 0 saturated carbocycles. The zero-order chi connectivity index (χ0) is 14.7. The van der Waals surface area contributed by atoms with Gasteiger partial charge in [0, 0.05) is 12.1 Å². The Kier molecular flexibility index (Phi) is 4.14. The molecule has 108 valence electrons. The summed E-state index contributed by atoms with van der Waals surface area (Å²) in [5.41, 5.74) is 0.195. The number of urea groups is 1. The Labute approximate surface area is 113 Å². The Morgan fingerprint density at radius 3 is 2.90 bits per heavy atom. The standard InChI is InChI=1S/C12H13F2N3O3/c13-8-1-2-9-7(11(8)14)5-17(12(20)16-9)6-10(19)15-3-4-18/h1-2,18H,3-6H2,(H,15,19)(H,16,20). The van der Waals surface area contributed by atoms with Crippen molar-refractivity contribution < 1.29 is 23.5 Å². The number of nitrogens with zero attached hydrogens (tertiary/aromatic N) is 1. The number of hydrogen-bond acceptors (Lipinski definition) is 3. The van der Waals surface area contributed by atoms with E-state index < -0.39 is 23.6 Å². The molecule has 0 spiro atoms. The van der Waals surface area contributed by atoms with Gasteiger partial charge in [0.05, 0.1) is 18.8 Å². The summed E-state index contributed by atoms with van der Waals surface area (Å²) in [5, 5.41) is 13.3. The van der Waals surface area contributed by atoms with E-state index in [1.54, 1.807) is 0 Å². The predicted molar refractivity (Wildman–Crippen MR) is 65.9 cm³/mol. The summed E-state index contributed by atoms with van der Waals surface area (Å²) in [6.45, 7) is -0.660. The molecule has 2 rings (SSSR count). The van der Waals surface area contributed by atoms with Crippen LogP contribution in [-0.4, -0.2) is 41.6 Å². The lowest BCUT2D eigenvalue weighted by molar-refractivity contribution is -0.121. The van der Waals surface area contributed by atoms with Crippen LogP contribution in [0.1, 0.15) is 5.56 Å². The van der Waals surface area contributed by atoms with Crippen molar-refractivity contribution in [3.8, 4) is 0 Å². The first-order valence-corrected chi connectivity index (χ1v) is 5.93. The third-order valence-electron chi connectivity index (χ3n) is 2.84. The van der Waals surface area contributed by atoms with Crippen molar-refractivity contribution in [1.82, 2.24) is 10.2 Å². The van der Waals surface area contributed by atoms with Crippen LogP contribution in [0.3, 0.4) is 0 Å². The van der Waals surface area contributed by atoms with E-state index in [4.69, 9.17) is 5.11 Å². The number of nitrogens with one attached hydrogen (secondary N) is 2. The summed E-state index contributed by atoms with van der Waals surface area (Å²) >= 11 is 0. The highest BCUT2D eigenvalue weighted by Crippen LogP contribution is 2.27. The molecule has 0 aliphatic carbocycles. The molecule has 6 nitrogen and oxygen atoms in total. The zero-order valence-corrected chi connectivity index (χ0v) is 10.4. The lowest BCUT2D eigenvalue weighted by Gasteiger charge is -2.29. The molecule has 20 heavy (non-hydrogen) atoms. The van der Waals surface area contributed by atoms with Crippen LogP contribution in [0.4, 0.5) is 19.3 Å². The van der Waals surface area contributed by atoms with Gasteiger partial charge in [-0.15, -0.1) is 0 Å². The van der Waals surface area contributed by atoms with Crippen molar-refractivity contribution in [2.75, 3.05) is 25.0 Å². The van der Waals surface area contributed by atoms with Crippen LogP contribution in [0.5, 0.6) is 0 Å². The summed E-state index contributed by atoms with van der Waals surface area (Å²) < 4.78 is 26.8. The molecule has 8 heteroatoms. The lowest BCUT2D eigenvalue weighted by Crippen LogP contribution is -2.45. The van der Waals surface area contributed by atoms with Crippen LogP contribution < -0.4 is 10.6 Å². The van der Waals surface area contributed by atoms with E-state index in [2.05, 4.69) is 10.6 Å². The maximum atomic E-state index is 13.6. The minimum absolute atomic E-state index is 0.000409. The fraction of sp³-hybridized carbons (Fsp3) is 0.333. The average molecular weight is 285 g/mol. The maximum Gasteiger partial charge on any atom is 0.322 e. The molecule has 0 radical (unpaired) electrons. The number of benzene rings is 1. The van der Waals surface area contributed by atoms with E-state index in [1.807, 2.05) is 0 Å². The molecule has 1 aromatic carbocycles. The average Bonchev–Trinajstić information content (AvgIpc) is 2.42. The summed E-state index contributed by atoms with van der Waals surface area (Å²) in [5.74, 6) is -2.54. The molecule has 0 atom stereocenters. The second kappa shape index (κ2) is 5.83. The van der Waals surface area contributed by atoms with E-state index >= 15 is 0 Å². The summed E-state index contributed by atoms with van der Waals surface area (Å²) in [6, 6.07) is 1.63. The van der Waals surface area contributed by atoms with E-state index in [0.717, 1.165) is 11.0 Å². The number of hydrogen-bond donors (Lipinski definition) is 3. The number of halogens is 2. The highest BCUT2D eigenvalue weighted by molar-refractivity contribution is 5.94. The Bertz CT molecular complexity index is 551. The molecular formula is C12H13F2N3O3. The quantitative estimate of drug-likeness (QED) is 0.750.